The molecule has 0 spiro atoms. The summed E-state index contributed by atoms with van der Waals surface area (Å²) in [5.41, 5.74) is 0.922. The molecule has 2 N–H and O–H groups in total. The van der Waals surface area contributed by atoms with Gasteiger partial charge in [0.05, 0.1) is 32.1 Å². The second kappa shape index (κ2) is 10.7. The van der Waals surface area contributed by atoms with Crippen LogP contribution in [0.25, 0.3) is 0 Å². The van der Waals surface area contributed by atoms with Crippen LogP contribution in [-0.2, 0) is 27.4 Å². The third-order valence-electron chi connectivity index (χ3n) is 3.57. The highest BCUT2D eigenvalue weighted by Gasteiger charge is 2.15. The van der Waals surface area contributed by atoms with Gasteiger partial charge in [0.1, 0.15) is 11.5 Å². The summed E-state index contributed by atoms with van der Waals surface area (Å²) < 4.78 is 20.6. The maximum atomic E-state index is 12.1. The molecule has 0 saturated heterocycles. The van der Waals surface area contributed by atoms with Crippen molar-refractivity contribution in [1.29, 1.82) is 0 Å². The van der Waals surface area contributed by atoms with Crippen molar-refractivity contribution in [2.24, 2.45) is 0 Å². The van der Waals surface area contributed by atoms with Gasteiger partial charge in [-0.25, -0.2) is 9.59 Å². The van der Waals surface area contributed by atoms with Crippen LogP contribution in [0.4, 0.5) is 4.79 Å². The summed E-state index contributed by atoms with van der Waals surface area (Å²) in [6.45, 7) is 2.17. The van der Waals surface area contributed by atoms with Crippen LogP contribution in [0.2, 0.25) is 0 Å². The first-order chi connectivity index (χ1) is 13.5. The average Bonchev–Trinajstić information content (AvgIpc) is 3.22. The Morgan fingerprint density at radius 2 is 2.00 bits per heavy atom. The predicted octanol–water partition coefficient (Wildman–Crippen LogP) is 2.01. The molecule has 1 aromatic heterocycles. The minimum absolute atomic E-state index is 0.125. The van der Waals surface area contributed by atoms with E-state index in [1.54, 1.807) is 24.3 Å². The van der Waals surface area contributed by atoms with Crippen molar-refractivity contribution in [3.05, 3.63) is 53.5 Å². The smallest absolute Gasteiger partial charge is 0.338 e. The molecule has 0 saturated carbocycles. The van der Waals surface area contributed by atoms with Crippen LogP contribution in [-0.4, -0.2) is 38.2 Å². The van der Waals surface area contributed by atoms with E-state index in [1.807, 2.05) is 6.92 Å². The highest BCUT2D eigenvalue weighted by Crippen LogP contribution is 2.21. The number of imide groups is 1. The van der Waals surface area contributed by atoms with E-state index in [-0.39, 0.29) is 18.7 Å². The topological polar surface area (TPSA) is 116 Å². The van der Waals surface area contributed by atoms with Gasteiger partial charge in [0, 0.05) is 12.2 Å². The molecule has 9 nitrogen and oxygen atoms in total. The Kier molecular flexibility index (Phi) is 8.04. The van der Waals surface area contributed by atoms with E-state index in [2.05, 4.69) is 10.6 Å². The van der Waals surface area contributed by atoms with E-state index in [4.69, 9.17) is 18.6 Å². The molecule has 28 heavy (non-hydrogen) atoms. The number of amides is 3. The lowest BCUT2D eigenvalue weighted by molar-refractivity contribution is -0.123. The molecule has 1 aromatic carbocycles. The van der Waals surface area contributed by atoms with E-state index >= 15 is 0 Å². The maximum Gasteiger partial charge on any atom is 0.338 e. The van der Waals surface area contributed by atoms with Crippen molar-refractivity contribution >= 4 is 17.9 Å². The van der Waals surface area contributed by atoms with Crippen LogP contribution in [0.5, 0.6) is 5.75 Å². The minimum Gasteiger partial charge on any atom is -0.496 e. The fraction of sp³-hybridized carbons (Fsp3) is 0.316. The van der Waals surface area contributed by atoms with E-state index in [1.165, 1.54) is 19.4 Å². The summed E-state index contributed by atoms with van der Waals surface area (Å²) >= 11 is 0. The van der Waals surface area contributed by atoms with Crippen molar-refractivity contribution in [2.75, 3.05) is 20.3 Å². The fourth-order valence-electron chi connectivity index (χ4n) is 2.23. The van der Waals surface area contributed by atoms with Gasteiger partial charge in [-0.3, -0.25) is 10.1 Å². The number of furan rings is 1. The van der Waals surface area contributed by atoms with Gasteiger partial charge in [-0.15, -0.1) is 0 Å². The van der Waals surface area contributed by atoms with E-state index in [9.17, 15) is 14.4 Å². The molecular weight excluding hydrogens is 368 g/mol. The van der Waals surface area contributed by atoms with Gasteiger partial charge in [-0.1, -0.05) is 0 Å². The monoisotopic (exact) mass is 390 g/mol. The zero-order valence-corrected chi connectivity index (χ0v) is 15.7. The molecule has 0 aliphatic heterocycles. The zero-order chi connectivity index (χ0) is 20.4. The number of ether oxygens (including phenoxy) is 3. The average molecular weight is 390 g/mol. The van der Waals surface area contributed by atoms with Crippen molar-refractivity contribution in [3.8, 4) is 5.75 Å². The number of esters is 1. The summed E-state index contributed by atoms with van der Waals surface area (Å²) in [5.74, 6) is -0.341. The number of hydrogen-bond acceptors (Lipinski definition) is 7. The van der Waals surface area contributed by atoms with Crippen LogP contribution in [0.1, 0.15) is 28.6 Å². The largest absolute Gasteiger partial charge is 0.496 e. The predicted molar refractivity (Wildman–Crippen MR) is 97.7 cm³/mol. The molecule has 0 fully saturated rings. The van der Waals surface area contributed by atoms with Crippen molar-refractivity contribution in [3.63, 3.8) is 0 Å². The summed E-state index contributed by atoms with van der Waals surface area (Å²) in [6, 6.07) is 7.35. The van der Waals surface area contributed by atoms with Crippen molar-refractivity contribution in [1.82, 2.24) is 10.6 Å². The van der Waals surface area contributed by atoms with Crippen molar-refractivity contribution < 1.29 is 33.0 Å². The lowest BCUT2D eigenvalue weighted by atomic mass is 10.1. The van der Waals surface area contributed by atoms with Crippen molar-refractivity contribution in [2.45, 2.75) is 20.1 Å². The molecular formula is C19H22N2O7. The van der Waals surface area contributed by atoms with Gasteiger partial charge in [0.25, 0.3) is 5.91 Å². The van der Waals surface area contributed by atoms with Crippen LogP contribution in [0.15, 0.2) is 41.0 Å². The summed E-state index contributed by atoms with van der Waals surface area (Å²) in [6.07, 6.45) is 1.47. The minimum atomic E-state index is -0.756. The van der Waals surface area contributed by atoms with Gasteiger partial charge in [-0.2, -0.15) is 0 Å². The van der Waals surface area contributed by atoms with Gasteiger partial charge >= 0.3 is 12.0 Å². The van der Waals surface area contributed by atoms with Crippen LogP contribution in [0, 0.1) is 0 Å². The van der Waals surface area contributed by atoms with E-state index in [0.29, 0.717) is 23.7 Å². The highest BCUT2D eigenvalue weighted by molar-refractivity contribution is 5.97. The number of hydrogen-bond donors (Lipinski definition) is 2. The number of carbonyl (C=O) groups is 3. The third kappa shape index (κ3) is 6.44. The second-order valence-electron chi connectivity index (χ2n) is 5.55. The number of benzene rings is 1. The quantitative estimate of drug-likeness (QED) is 0.629. The van der Waals surface area contributed by atoms with E-state index < -0.39 is 24.5 Å². The normalized spacial score (nSPS) is 10.2. The standard InChI is InChI=1S/C19H22N2O7/c1-3-26-11-14-9-13(6-7-16(14)25-2)18(23)28-12-17(22)21-19(24)20-10-15-5-4-8-27-15/h4-9H,3,10-12H2,1-2H3,(H2,20,21,22,24). The molecule has 3 amide bonds. The van der Waals surface area contributed by atoms with Crippen LogP contribution < -0.4 is 15.4 Å². The lowest BCUT2D eigenvalue weighted by Gasteiger charge is -2.11. The molecule has 0 aliphatic carbocycles. The number of urea groups is 1. The summed E-state index contributed by atoms with van der Waals surface area (Å²) in [5, 5.41) is 4.50. The first-order valence-corrected chi connectivity index (χ1v) is 8.55. The molecule has 1 heterocycles. The second-order valence-corrected chi connectivity index (χ2v) is 5.55. The SMILES string of the molecule is CCOCc1cc(C(=O)OCC(=O)NC(=O)NCc2ccco2)ccc1OC. The van der Waals surface area contributed by atoms with Gasteiger partial charge < -0.3 is 23.9 Å². The fourth-order valence-corrected chi connectivity index (χ4v) is 2.23. The first-order valence-electron chi connectivity index (χ1n) is 8.55. The molecule has 0 atom stereocenters. The third-order valence-corrected chi connectivity index (χ3v) is 3.57. The van der Waals surface area contributed by atoms with E-state index in [0.717, 1.165) is 0 Å². The molecule has 2 aromatic rings. The number of methoxy groups -OCH3 is 1. The van der Waals surface area contributed by atoms with Gasteiger partial charge in [0.15, 0.2) is 6.61 Å². The molecule has 0 radical (unpaired) electrons. The molecule has 9 heteroatoms. The highest BCUT2D eigenvalue weighted by atomic mass is 16.5. The Balaban J connectivity index is 1.81. The van der Waals surface area contributed by atoms with Gasteiger partial charge in [-0.05, 0) is 37.3 Å². The van der Waals surface area contributed by atoms with Gasteiger partial charge in [0.2, 0.25) is 0 Å². The Hall–Kier alpha value is -3.33. The molecule has 2 rings (SSSR count). The first kappa shape index (κ1) is 21.0. The zero-order valence-electron chi connectivity index (χ0n) is 15.7. The molecule has 150 valence electrons. The Morgan fingerprint density at radius 3 is 2.68 bits per heavy atom. The number of rotatable bonds is 9. The number of carbonyl (C=O) groups excluding carboxylic acids is 3. The van der Waals surface area contributed by atoms with Crippen LogP contribution in [0.3, 0.4) is 0 Å². The molecule has 0 aliphatic rings. The maximum absolute atomic E-state index is 12.1. The summed E-state index contributed by atoms with van der Waals surface area (Å²) in [7, 11) is 1.52. The number of nitrogens with one attached hydrogen (secondary N) is 2. The van der Waals surface area contributed by atoms with Crippen LogP contribution >= 0.6 is 0 Å². The Morgan fingerprint density at radius 1 is 1.18 bits per heavy atom. The molecule has 0 bridgehead atoms. The summed E-state index contributed by atoms with van der Waals surface area (Å²) in [4.78, 5) is 35.5. The molecule has 0 unspecified atom stereocenters. The Labute approximate surface area is 161 Å². The lowest BCUT2D eigenvalue weighted by Crippen LogP contribution is -2.41. The Bertz CT molecular complexity index is 803.